The van der Waals surface area contributed by atoms with Crippen LogP contribution in [-0.4, -0.2) is 61.2 Å². The van der Waals surface area contributed by atoms with Gasteiger partial charge in [-0.1, -0.05) is 42.8 Å². The first-order valence-electron chi connectivity index (χ1n) is 11.8. The Morgan fingerprint density at radius 1 is 0.871 bits per heavy atom. The summed E-state index contributed by atoms with van der Waals surface area (Å²) in [6.45, 7) is 5.87. The average molecular weight is 420 g/mol. The molecule has 2 aliphatic heterocycles. The molecule has 0 radical (unpaired) electrons. The van der Waals surface area contributed by atoms with Crippen LogP contribution in [0.3, 0.4) is 0 Å². The van der Waals surface area contributed by atoms with Crippen LogP contribution in [0.2, 0.25) is 0 Å². The third-order valence-corrected chi connectivity index (χ3v) is 7.23. The molecule has 0 atom stereocenters. The van der Waals surface area contributed by atoms with E-state index >= 15 is 0 Å². The molecule has 2 fully saturated rings. The Hall–Kier alpha value is -2.53. The molecule has 5 heteroatoms. The maximum absolute atomic E-state index is 12.4. The maximum Gasteiger partial charge on any atom is 0.410 e. The van der Waals surface area contributed by atoms with Crippen molar-refractivity contribution in [1.29, 1.82) is 0 Å². The molecule has 3 aliphatic rings. The lowest BCUT2D eigenvalue weighted by molar-refractivity contribution is 0.0942. The first-order valence-corrected chi connectivity index (χ1v) is 11.8. The number of benzene rings is 2. The van der Waals surface area contributed by atoms with E-state index in [-0.39, 0.29) is 6.09 Å². The zero-order valence-corrected chi connectivity index (χ0v) is 18.3. The first kappa shape index (κ1) is 20.4. The number of piperazine rings is 1. The second-order valence-corrected chi connectivity index (χ2v) is 9.09. The van der Waals surface area contributed by atoms with E-state index in [2.05, 4.69) is 28.0 Å². The van der Waals surface area contributed by atoms with Crippen molar-refractivity contribution in [3.63, 3.8) is 0 Å². The molecule has 1 aliphatic carbocycles. The Morgan fingerprint density at radius 2 is 1.61 bits per heavy atom. The van der Waals surface area contributed by atoms with Gasteiger partial charge in [-0.15, -0.1) is 0 Å². The van der Waals surface area contributed by atoms with Gasteiger partial charge >= 0.3 is 6.09 Å². The number of nitrogens with zero attached hydrogens (tertiary/aromatic N) is 3. The van der Waals surface area contributed by atoms with Crippen molar-refractivity contribution in [2.24, 2.45) is 0 Å². The molecule has 1 amide bonds. The summed E-state index contributed by atoms with van der Waals surface area (Å²) in [5, 5.41) is 0. The average Bonchev–Trinajstić information content (AvgIpc) is 2.99. The van der Waals surface area contributed by atoms with Gasteiger partial charge in [0.2, 0.25) is 0 Å². The summed E-state index contributed by atoms with van der Waals surface area (Å²) in [5.41, 5.74) is 5.36. The summed E-state index contributed by atoms with van der Waals surface area (Å²) in [7, 11) is 0. The summed E-state index contributed by atoms with van der Waals surface area (Å²) in [6.07, 6.45) is 6.31. The highest BCUT2D eigenvalue weighted by atomic mass is 16.6. The fourth-order valence-corrected chi connectivity index (χ4v) is 5.00. The summed E-state index contributed by atoms with van der Waals surface area (Å²) >= 11 is 0. The molecule has 2 aromatic carbocycles. The number of rotatable bonds is 4. The van der Waals surface area contributed by atoms with Gasteiger partial charge in [-0.3, -0.25) is 4.90 Å². The molecule has 0 spiro atoms. The fraction of sp³-hybridized carbons (Fsp3) is 0.500. The van der Waals surface area contributed by atoms with E-state index < -0.39 is 0 Å². The van der Waals surface area contributed by atoms with Crippen molar-refractivity contribution in [1.82, 2.24) is 9.80 Å². The van der Waals surface area contributed by atoms with Gasteiger partial charge in [-0.25, -0.2) is 4.79 Å². The number of fused-ring (bicyclic) bond motifs is 1. The van der Waals surface area contributed by atoms with Crippen LogP contribution < -0.4 is 4.90 Å². The smallest absolute Gasteiger partial charge is 0.410 e. The Kier molecular flexibility index (Phi) is 6.12. The van der Waals surface area contributed by atoms with Gasteiger partial charge in [0.15, 0.2) is 0 Å². The molecule has 5 rings (SSSR count). The monoisotopic (exact) mass is 419 g/mol. The standard InChI is InChI=1S/C26H33N3O2/c30-26(31-20-21-5-2-1-3-6-21)29-17-15-28(16-18-29)25-10-9-22-11-13-27(24-7-4-8-24)14-12-23(22)19-25/h1-3,5-6,9-10,19,24H,4,7-8,11-18,20H2. The van der Waals surface area contributed by atoms with E-state index in [1.54, 1.807) is 0 Å². The highest BCUT2D eigenvalue weighted by Gasteiger charge is 2.27. The van der Waals surface area contributed by atoms with Gasteiger partial charge in [-0.2, -0.15) is 0 Å². The normalized spacial score (nSPS) is 20.0. The Balaban J connectivity index is 1.14. The lowest BCUT2D eigenvalue weighted by Gasteiger charge is -2.36. The van der Waals surface area contributed by atoms with Crippen molar-refractivity contribution in [2.45, 2.75) is 44.8 Å². The van der Waals surface area contributed by atoms with Crippen LogP contribution in [0, 0.1) is 0 Å². The third kappa shape index (κ3) is 4.72. The van der Waals surface area contributed by atoms with Gasteiger partial charge < -0.3 is 14.5 Å². The predicted octanol–water partition coefficient (Wildman–Crippen LogP) is 4.10. The number of hydrogen-bond donors (Lipinski definition) is 0. The lowest BCUT2D eigenvalue weighted by atomic mass is 9.91. The number of carbonyl (C=O) groups is 1. The second kappa shape index (κ2) is 9.31. The van der Waals surface area contributed by atoms with Crippen LogP contribution in [0.15, 0.2) is 48.5 Å². The number of carbonyl (C=O) groups excluding carboxylic acids is 1. The van der Waals surface area contributed by atoms with Crippen LogP contribution >= 0.6 is 0 Å². The molecule has 2 aromatic rings. The summed E-state index contributed by atoms with van der Waals surface area (Å²) in [6, 6.07) is 17.7. The molecule has 2 heterocycles. The van der Waals surface area contributed by atoms with Crippen LogP contribution in [0.25, 0.3) is 0 Å². The van der Waals surface area contributed by atoms with Crippen molar-refractivity contribution >= 4 is 11.8 Å². The largest absolute Gasteiger partial charge is 0.445 e. The number of anilines is 1. The third-order valence-electron chi connectivity index (χ3n) is 7.23. The fourth-order valence-electron chi connectivity index (χ4n) is 5.00. The molecule has 1 saturated heterocycles. The molecule has 0 aromatic heterocycles. The number of amides is 1. The maximum atomic E-state index is 12.4. The van der Waals surface area contributed by atoms with Crippen LogP contribution in [0.5, 0.6) is 0 Å². The van der Waals surface area contributed by atoms with Crippen LogP contribution in [0.1, 0.15) is 36.0 Å². The minimum Gasteiger partial charge on any atom is -0.445 e. The van der Waals surface area contributed by atoms with Gasteiger partial charge in [0.1, 0.15) is 6.61 Å². The molecule has 5 nitrogen and oxygen atoms in total. The molecular weight excluding hydrogens is 386 g/mol. The molecule has 31 heavy (non-hydrogen) atoms. The number of hydrogen-bond acceptors (Lipinski definition) is 4. The van der Waals surface area contributed by atoms with E-state index in [9.17, 15) is 4.79 Å². The van der Waals surface area contributed by atoms with E-state index in [1.165, 1.54) is 55.6 Å². The summed E-state index contributed by atoms with van der Waals surface area (Å²) in [4.78, 5) is 19.4. The summed E-state index contributed by atoms with van der Waals surface area (Å²) in [5.74, 6) is 0. The van der Waals surface area contributed by atoms with Crippen molar-refractivity contribution in [3.05, 3.63) is 65.2 Å². The van der Waals surface area contributed by atoms with E-state index in [0.717, 1.165) is 31.1 Å². The van der Waals surface area contributed by atoms with Gasteiger partial charge in [-0.05, 0) is 54.5 Å². The number of ether oxygens (including phenoxy) is 1. The zero-order valence-electron chi connectivity index (χ0n) is 18.3. The van der Waals surface area contributed by atoms with Gasteiger partial charge in [0.25, 0.3) is 0 Å². The Morgan fingerprint density at radius 3 is 2.32 bits per heavy atom. The van der Waals surface area contributed by atoms with Gasteiger partial charge in [0.05, 0.1) is 0 Å². The van der Waals surface area contributed by atoms with E-state index in [0.29, 0.717) is 19.7 Å². The van der Waals surface area contributed by atoms with Crippen LogP contribution in [-0.2, 0) is 24.2 Å². The topological polar surface area (TPSA) is 36.0 Å². The van der Waals surface area contributed by atoms with Crippen molar-refractivity contribution in [3.8, 4) is 0 Å². The highest BCUT2D eigenvalue weighted by molar-refractivity contribution is 5.68. The Bertz CT molecular complexity index is 889. The molecule has 0 N–H and O–H groups in total. The molecule has 164 valence electrons. The first-order chi connectivity index (χ1) is 15.3. The van der Waals surface area contributed by atoms with E-state index in [1.807, 2.05) is 35.2 Å². The Labute approximate surface area is 185 Å². The molecule has 0 bridgehead atoms. The molecular formula is C26H33N3O2. The quantitative estimate of drug-likeness (QED) is 0.748. The summed E-state index contributed by atoms with van der Waals surface area (Å²) < 4.78 is 5.50. The van der Waals surface area contributed by atoms with E-state index in [4.69, 9.17) is 4.74 Å². The SMILES string of the molecule is O=C(OCc1ccccc1)N1CCN(c2ccc3c(c2)CCN(C2CCC2)CC3)CC1. The second-order valence-electron chi connectivity index (χ2n) is 9.09. The highest BCUT2D eigenvalue weighted by Crippen LogP contribution is 2.29. The lowest BCUT2D eigenvalue weighted by Crippen LogP contribution is -2.49. The molecule has 1 saturated carbocycles. The van der Waals surface area contributed by atoms with Crippen molar-refractivity contribution < 1.29 is 9.53 Å². The van der Waals surface area contributed by atoms with Gasteiger partial charge in [0, 0.05) is 51.0 Å². The van der Waals surface area contributed by atoms with Crippen molar-refractivity contribution in [2.75, 3.05) is 44.2 Å². The molecule has 0 unspecified atom stereocenters. The van der Waals surface area contributed by atoms with Crippen LogP contribution in [0.4, 0.5) is 10.5 Å². The predicted molar refractivity (Wildman–Crippen MR) is 123 cm³/mol. The minimum absolute atomic E-state index is 0.207. The minimum atomic E-state index is -0.207. The zero-order chi connectivity index (χ0) is 21.0.